The standard InChI is InChI=1S/C20H32N4O2/c1-5-19(25)24-11-10-17(13-24)23-20(21-4)22-12-16-6-8-18(9-7-16)26-14-15(2)3/h6-9,15,17H,5,10-14H2,1-4H3,(H2,21,22,23). The number of carbonyl (C=O) groups excluding carboxylic acids is 1. The lowest BCUT2D eigenvalue weighted by atomic mass is 10.2. The Balaban J connectivity index is 1.77. The molecule has 1 aromatic carbocycles. The van der Waals surface area contributed by atoms with Crippen LogP contribution in [0.1, 0.15) is 39.2 Å². The summed E-state index contributed by atoms with van der Waals surface area (Å²) in [5, 5.41) is 6.74. The third kappa shape index (κ3) is 6.24. The number of hydrogen-bond donors (Lipinski definition) is 2. The van der Waals surface area contributed by atoms with Gasteiger partial charge in [0.2, 0.25) is 5.91 Å². The quantitative estimate of drug-likeness (QED) is 0.579. The smallest absolute Gasteiger partial charge is 0.222 e. The van der Waals surface area contributed by atoms with E-state index in [2.05, 4.69) is 41.6 Å². The molecule has 1 atom stereocenters. The van der Waals surface area contributed by atoms with Gasteiger partial charge in [0.25, 0.3) is 0 Å². The van der Waals surface area contributed by atoms with Crippen molar-refractivity contribution >= 4 is 11.9 Å². The maximum Gasteiger partial charge on any atom is 0.222 e. The van der Waals surface area contributed by atoms with E-state index in [-0.39, 0.29) is 11.9 Å². The summed E-state index contributed by atoms with van der Waals surface area (Å²) in [6, 6.07) is 8.38. The number of carbonyl (C=O) groups is 1. The fourth-order valence-corrected chi connectivity index (χ4v) is 2.87. The topological polar surface area (TPSA) is 66.0 Å². The predicted octanol–water partition coefficient (Wildman–Crippen LogP) is 2.40. The van der Waals surface area contributed by atoms with E-state index >= 15 is 0 Å². The van der Waals surface area contributed by atoms with E-state index in [9.17, 15) is 4.79 Å². The molecular formula is C20H32N4O2. The van der Waals surface area contributed by atoms with Crippen LogP contribution < -0.4 is 15.4 Å². The molecular weight excluding hydrogens is 328 g/mol. The zero-order valence-corrected chi connectivity index (χ0v) is 16.4. The van der Waals surface area contributed by atoms with Gasteiger partial charge in [-0.2, -0.15) is 0 Å². The molecule has 0 aromatic heterocycles. The minimum atomic E-state index is 0.219. The Labute approximate surface area is 157 Å². The first-order valence-corrected chi connectivity index (χ1v) is 9.48. The van der Waals surface area contributed by atoms with Gasteiger partial charge in [-0.3, -0.25) is 9.79 Å². The first-order valence-electron chi connectivity index (χ1n) is 9.48. The number of benzene rings is 1. The molecule has 1 aromatic rings. The lowest BCUT2D eigenvalue weighted by Crippen LogP contribution is -2.44. The van der Waals surface area contributed by atoms with Crippen LogP contribution in [-0.4, -0.2) is 49.6 Å². The Morgan fingerprint density at radius 1 is 1.35 bits per heavy atom. The molecule has 26 heavy (non-hydrogen) atoms. The van der Waals surface area contributed by atoms with Gasteiger partial charge in [-0.1, -0.05) is 32.9 Å². The van der Waals surface area contributed by atoms with Gasteiger partial charge in [0.1, 0.15) is 5.75 Å². The molecule has 1 heterocycles. The summed E-state index contributed by atoms with van der Waals surface area (Å²) in [6.45, 7) is 9.16. The highest BCUT2D eigenvalue weighted by atomic mass is 16.5. The lowest BCUT2D eigenvalue weighted by Gasteiger charge is -2.19. The number of nitrogens with one attached hydrogen (secondary N) is 2. The monoisotopic (exact) mass is 360 g/mol. The van der Waals surface area contributed by atoms with Crippen LogP contribution in [0.25, 0.3) is 0 Å². The molecule has 0 spiro atoms. The third-order valence-electron chi connectivity index (χ3n) is 4.37. The maximum absolute atomic E-state index is 11.8. The summed E-state index contributed by atoms with van der Waals surface area (Å²) in [5.41, 5.74) is 1.17. The van der Waals surface area contributed by atoms with Gasteiger partial charge < -0.3 is 20.3 Å². The molecule has 2 N–H and O–H groups in total. The van der Waals surface area contributed by atoms with E-state index in [4.69, 9.17) is 4.74 Å². The van der Waals surface area contributed by atoms with Crippen LogP contribution >= 0.6 is 0 Å². The van der Waals surface area contributed by atoms with E-state index < -0.39 is 0 Å². The molecule has 0 radical (unpaired) electrons. The van der Waals surface area contributed by atoms with Crippen LogP contribution in [0.5, 0.6) is 5.75 Å². The zero-order chi connectivity index (χ0) is 18.9. The molecule has 6 nitrogen and oxygen atoms in total. The zero-order valence-electron chi connectivity index (χ0n) is 16.4. The van der Waals surface area contributed by atoms with Gasteiger partial charge in [-0.05, 0) is 30.0 Å². The van der Waals surface area contributed by atoms with Crippen molar-refractivity contribution in [1.82, 2.24) is 15.5 Å². The summed E-state index contributed by atoms with van der Waals surface area (Å²) < 4.78 is 5.71. The van der Waals surface area contributed by atoms with Gasteiger partial charge in [-0.15, -0.1) is 0 Å². The van der Waals surface area contributed by atoms with E-state index in [1.54, 1.807) is 7.05 Å². The minimum Gasteiger partial charge on any atom is -0.493 e. The van der Waals surface area contributed by atoms with Crippen molar-refractivity contribution in [2.45, 2.75) is 46.2 Å². The average Bonchev–Trinajstić information content (AvgIpc) is 3.12. The van der Waals surface area contributed by atoms with Gasteiger partial charge in [0.15, 0.2) is 5.96 Å². The molecule has 0 saturated carbocycles. The third-order valence-corrected chi connectivity index (χ3v) is 4.37. The number of rotatable bonds is 7. The molecule has 2 rings (SSSR count). The average molecular weight is 361 g/mol. The minimum absolute atomic E-state index is 0.219. The summed E-state index contributed by atoms with van der Waals surface area (Å²) >= 11 is 0. The Hall–Kier alpha value is -2.24. The normalized spacial score (nSPS) is 17.5. The van der Waals surface area contributed by atoms with Crippen LogP contribution in [-0.2, 0) is 11.3 Å². The van der Waals surface area contributed by atoms with Crippen molar-refractivity contribution in [2.75, 3.05) is 26.7 Å². The van der Waals surface area contributed by atoms with Crippen LogP contribution in [0.4, 0.5) is 0 Å². The van der Waals surface area contributed by atoms with Crippen molar-refractivity contribution in [3.8, 4) is 5.75 Å². The Kier molecular flexibility index (Phi) is 7.75. The van der Waals surface area contributed by atoms with Crippen LogP contribution in [0.15, 0.2) is 29.3 Å². The maximum atomic E-state index is 11.8. The molecule has 1 fully saturated rings. The molecule has 0 bridgehead atoms. The molecule has 1 aliphatic heterocycles. The van der Waals surface area contributed by atoms with Crippen molar-refractivity contribution in [3.05, 3.63) is 29.8 Å². The predicted molar refractivity (Wildman–Crippen MR) is 105 cm³/mol. The van der Waals surface area contributed by atoms with Gasteiger partial charge in [0, 0.05) is 39.1 Å². The van der Waals surface area contributed by atoms with E-state index in [0.717, 1.165) is 37.8 Å². The van der Waals surface area contributed by atoms with Crippen LogP contribution in [0.2, 0.25) is 0 Å². The molecule has 1 amide bonds. The van der Waals surface area contributed by atoms with E-state index in [0.29, 0.717) is 18.9 Å². The van der Waals surface area contributed by atoms with E-state index in [1.807, 2.05) is 24.0 Å². The number of amides is 1. The van der Waals surface area contributed by atoms with Gasteiger partial charge >= 0.3 is 0 Å². The largest absolute Gasteiger partial charge is 0.493 e. The number of likely N-dealkylation sites (tertiary alicyclic amines) is 1. The molecule has 1 saturated heterocycles. The highest BCUT2D eigenvalue weighted by molar-refractivity contribution is 5.80. The molecule has 144 valence electrons. The number of aliphatic imine (C=N–C) groups is 1. The van der Waals surface area contributed by atoms with Crippen molar-refractivity contribution in [3.63, 3.8) is 0 Å². The van der Waals surface area contributed by atoms with Gasteiger partial charge in [-0.25, -0.2) is 0 Å². The first kappa shape index (κ1) is 20.1. The second-order valence-electron chi connectivity index (χ2n) is 7.10. The summed E-state index contributed by atoms with van der Waals surface area (Å²) in [5.74, 6) is 2.40. The summed E-state index contributed by atoms with van der Waals surface area (Å²) in [6.07, 6.45) is 1.52. The SMILES string of the molecule is CCC(=O)N1CCC(NC(=NC)NCc2ccc(OCC(C)C)cc2)C1. The second kappa shape index (κ2) is 10.0. The van der Waals surface area contributed by atoms with Crippen molar-refractivity contribution in [1.29, 1.82) is 0 Å². The Morgan fingerprint density at radius 3 is 2.69 bits per heavy atom. The number of guanidine groups is 1. The molecule has 0 aliphatic carbocycles. The van der Waals surface area contributed by atoms with Crippen molar-refractivity contribution in [2.24, 2.45) is 10.9 Å². The van der Waals surface area contributed by atoms with Crippen molar-refractivity contribution < 1.29 is 9.53 Å². The molecule has 6 heteroatoms. The number of ether oxygens (including phenoxy) is 1. The van der Waals surface area contributed by atoms with Crippen LogP contribution in [0.3, 0.4) is 0 Å². The summed E-state index contributed by atoms with van der Waals surface area (Å²) in [4.78, 5) is 18.0. The highest BCUT2D eigenvalue weighted by Crippen LogP contribution is 2.13. The Bertz CT molecular complexity index is 598. The highest BCUT2D eigenvalue weighted by Gasteiger charge is 2.25. The van der Waals surface area contributed by atoms with Crippen LogP contribution in [0, 0.1) is 5.92 Å². The number of hydrogen-bond acceptors (Lipinski definition) is 3. The van der Waals surface area contributed by atoms with Gasteiger partial charge in [0.05, 0.1) is 6.61 Å². The lowest BCUT2D eigenvalue weighted by molar-refractivity contribution is -0.129. The molecule has 1 aliphatic rings. The second-order valence-corrected chi connectivity index (χ2v) is 7.10. The molecule has 1 unspecified atom stereocenters. The Morgan fingerprint density at radius 2 is 2.08 bits per heavy atom. The van der Waals surface area contributed by atoms with E-state index in [1.165, 1.54) is 5.56 Å². The fourth-order valence-electron chi connectivity index (χ4n) is 2.87. The number of nitrogens with zero attached hydrogens (tertiary/aromatic N) is 2. The fraction of sp³-hybridized carbons (Fsp3) is 0.600. The first-order chi connectivity index (χ1) is 12.5. The summed E-state index contributed by atoms with van der Waals surface area (Å²) in [7, 11) is 1.77.